The first kappa shape index (κ1) is 28.5. The van der Waals surface area contributed by atoms with Gasteiger partial charge in [-0.2, -0.15) is 0 Å². The third kappa shape index (κ3) is 8.75. The molecule has 1 N–H and O–H groups in total. The summed E-state index contributed by atoms with van der Waals surface area (Å²) in [5.74, 6) is 3.02. The molecular formula is C27H46O7Si. The highest BCUT2D eigenvalue weighted by atomic mass is 28.3. The Kier molecular flexibility index (Phi) is 8.11. The fraction of sp³-hybridized carbons (Fsp3) is 0.889. The predicted molar refractivity (Wildman–Crippen MR) is 137 cm³/mol. The van der Waals surface area contributed by atoms with E-state index in [0.717, 1.165) is 32.1 Å². The van der Waals surface area contributed by atoms with E-state index in [1.54, 1.807) is 0 Å². The van der Waals surface area contributed by atoms with Gasteiger partial charge in [-0.25, -0.2) is 4.79 Å². The molecular weight excluding hydrogens is 464 g/mol. The van der Waals surface area contributed by atoms with Crippen molar-refractivity contribution >= 4 is 14.2 Å². The summed E-state index contributed by atoms with van der Waals surface area (Å²) in [7, 11) is -1.46. The van der Waals surface area contributed by atoms with E-state index in [0.29, 0.717) is 6.42 Å². The molecule has 0 bridgehead atoms. The van der Waals surface area contributed by atoms with Crippen LogP contribution in [0.1, 0.15) is 80.1 Å². The van der Waals surface area contributed by atoms with Gasteiger partial charge in [0.25, 0.3) is 0 Å². The van der Waals surface area contributed by atoms with Crippen molar-refractivity contribution in [3.05, 3.63) is 0 Å². The van der Waals surface area contributed by atoms with E-state index in [9.17, 15) is 9.90 Å². The SMILES string of the molecule is CC(C)(C)OC(=O)OC[C@]1(C)O[C@H]1CC[C@@]1(C)O[C@@H]1CC[C@H]1O[C@]1(C)CCC(O)C#C[Si](C)(C)C. The average molecular weight is 511 g/mol. The summed E-state index contributed by atoms with van der Waals surface area (Å²) < 4.78 is 28.3. The van der Waals surface area contributed by atoms with Crippen molar-refractivity contribution in [1.29, 1.82) is 0 Å². The van der Waals surface area contributed by atoms with Gasteiger partial charge in [0.15, 0.2) is 0 Å². The lowest BCUT2D eigenvalue weighted by atomic mass is 9.92. The van der Waals surface area contributed by atoms with Crippen molar-refractivity contribution in [2.75, 3.05) is 6.61 Å². The van der Waals surface area contributed by atoms with Crippen molar-refractivity contribution in [2.45, 2.75) is 147 Å². The highest BCUT2D eigenvalue weighted by Crippen LogP contribution is 2.50. The van der Waals surface area contributed by atoms with Gasteiger partial charge in [0, 0.05) is 0 Å². The van der Waals surface area contributed by atoms with Gasteiger partial charge >= 0.3 is 6.16 Å². The van der Waals surface area contributed by atoms with Crippen molar-refractivity contribution in [3.8, 4) is 11.5 Å². The Bertz CT molecular complexity index is 837. The molecule has 3 aliphatic heterocycles. The van der Waals surface area contributed by atoms with Crippen LogP contribution in [0.5, 0.6) is 0 Å². The molecule has 7 atom stereocenters. The molecule has 0 aromatic rings. The van der Waals surface area contributed by atoms with Crippen LogP contribution in [0.15, 0.2) is 0 Å². The number of aliphatic hydroxyl groups excluding tert-OH is 1. The van der Waals surface area contributed by atoms with Gasteiger partial charge in [-0.15, -0.1) is 5.54 Å². The van der Waals surface area contributed by atoms with Crippen LogP contribution < -0.4 is 0 Å². The Hall–Kier alpha value is -1.11. The molecule has 0 saturated carbocycles. The quantitative estimate of drug-likeness (QED) is 0.181. The average Bonchev–Trinajstić information content (AvgIpc) is 3.64. The minimum Gasteiger partial charge on any atom is -0.431 e. The largest absolute Gasteiger partial charge is 0.508 e. The van der Waals surface area contributed by atoms with Gasteiger partial charge < -0.3 is 28.8 Å². The fourth-order valence-electron chi connectivity index (χ4n) is 4.53. The molecule has 0 amide bonds. The molecule has 7 nitrogen and oxygen atoms in total. The van der Waals surface area contributed by atoms with E-state index in [-0.39, 0.29) is 36.1 Å². The van der Waals surface area contributed by atoms with Crippen molar-refractivity contribution < 1.29 is 33.6 Å². The number of carbonyl (C=O) groups is 1. The van der Waals surface area contributed by atoms with Gasteiger partial charge in [-0.05, 0) is 80.1 Å². The molecule has 0 aliphatic carbocycles. The third-order valence-corrected chi connectivity index (χ3v) is 7.99. The monoisotopic (exact) mass is 510 g/mol. The van der Waals surface area contributed by atoms with E-state index in [1.165, 1.54) is 0 Å². The van der Waals surface area contributed by atoms with E-state index in [1.807, 2.05) is 27.7 Å². The molecule has 0 radical (unpaired) electrons. The van der Waals surface area contributed by atoms with E-state index in [4.69, 9.17) is 23.7 Å². The van der Waals surface area contributed by atoms with Gasteiger partial charge in [-0.1, -0.05) is 25.6 Å². The van der Waals surface area contributed by atoms with Crippen LogP contribution in [0.2, 0.25) is 19.6 Å². The zero-order valence-corrected chi connectivity index (χ0v) is 24.2. The Morgan fingerprint density at radius 3 is 2.00 bits per heavy atom. The molecule has 3 aliphatic rings. The zero-order chi connectivity index (χ0) is 26.3. The van der Waals surface area contributed by atoms with E-state index in [2.05, 4.69) is 45.0 Å². The summed E-state index contributed by atoms with van der Waals surface area (Å²) in [6.45, 7) is 18.4. The minimum absolute atomic E-state index is 0.0668. The number of hydrogen-bond donors (Lipinski definition) is 1. The standard InChI is InChI=1S/C27H46O7Si/c1-24(2,3)34-23(29)30-18-27(6)22(33-27)13-16-26(5)21(32-26)11-10-20-25(4,31-20)15-12-19(28)14-17-35(7,8)9/h19-22,28H,10-13,15-16,18H2,1-9H3/t19?,20-,21-,22+,25-,26-,27+/m1/s1. The lowest BCUT2D eigenvalue weighted by Crippen LogP contribution is -2.28. The maximum absolute atomic E-state index is 11.8. The van der Waals surface area contributed by atoms with Gasteiger partial charge in [0.2, 0.25) is 0 Å². The zero-order valence-electron chi connectivity index (χ0n) is 23.2. The Morgan fingerprint density at radius 2 is 1.46 bits per heavy atom. The number of hydrogen-bond acceptors (Lipinski definition) is 7. The normalized spacial score (nSPS) is 36.6. The number of rotatable bonds is 11. The molecule has 0 spiro atoms. The first-order chi connectivity index (χ1) is 15.9. The highest BCUT2D eigenvalue weighted by Gasteiger charge is 2.58. The lowest BCUT2D eigenvalue weighted by Gasteiger charge is -2.19. The van der Waals surface area contributed by atoms with Gasteiger partial charge in [-0.3, -0.25) is 0 Å². The van der Waals surface area contributed by atoms with E-state index >= 15 is 0 Å². The van der Waals surface area contributed by atoms with Crippen LogP contribution in [0.25, 0.3) is 0 Å². The first-order valence-electron chi connectivity index (χ1n) is 13.0. The van der Waals surface area contributed by atoms with Crippen LogP contribution in [-0.2, 0) is 23.7 Å². The van der Waals surface area contributed by atoms with Gasteiger partial charge in [0.1, 0.15) is 32.0 Å². The van der Waals surface area contributed by atoms with Crippen LogP contribution in [0, 0.1) is 11.5 Å². The van der Waals surface area contributed by atoms with Crippen LogP contribution >= 0.6 is 0 Å². The summed E-state index contributed by atoms with van der Waals surface area (Å²) in [5, 5.41) is 10.2. The molecule has 35 heavy (non-hydrogen) atoms. The number of aliphatic hydroxyl groups is 1. The first-order valence-corrected chi connectivity index (χ1v) is 16.5. The molecule has 0 aromatic heterocycles. The fourth-order valence-corrected chi connectivity index (χ4v) is 5.13. The Balaban J connectivity index is 1.29. The highest BCUT2D eigenvalue weighted by molar-refractivity contribution is 6.83. The number of ether oxygens (including phenoxy) is 5. The van der Waals surface area contributed by atoms with Crippen molar-refractivity contribution in [2.24, 2.45) is 0 Å². The van der Waals surface area contributed by atoms with Crippen LogP contribution in [0.4, 0.5) is 4.79 Å². The Morgan fingerprint density at radius 1 is 0.943 bits per heavy atom. The molecule has 3 saturated heterocycles. The number of carbonyl (C=O) groups excluding carboxylic acids is 1. The van der Waals surface area contributed by atoms with Crippen LogP contribution in [-0.4, -0.2) is 72.8 Å². The maximum Gasteiger partial charge on any atom is 0.508 e. The minimum atomic E-state index is -1.46. The molecule has 8 heteroatoms. The molecule has 3 fully saturated rings. The topological polar surface area (TPSA) is 93.4 Å². The van der Waals surface area contributed by atoms with Gasteiger partial charge in [0.05, 0.1) is 29.5 Å². The summed E-state index contributed by atoms with van der Waals surface area (Å²) >= 11 is 0. The molecule has 200 valence electrons. The summed E-state index contributed by atoms with van der Waals surface area (Å²) in [4.78, 5) is 11.8. The van der Waals surface area contributed by atoms with Crippen molar-refractivity contribution in [3.63, 3.8) is 0 Å². The molecule has 1 unspecified atom stereocenters. The summed E-state index contributed by atoms with van der Waals surface area (Å²) in [6, 6.07) is 0. The second-order valence-corrected chi connectivity index (χ2v) is 18.0. The number of epoxide rings is 3. The summed E-state index contributed by atoms with van der Waals surface area (Å²) in [6.07, 6.45) is 4.51. The molecule has 3 rings (SSSR count). The van der Waals surface area contributed by atoms with Crippen molar-refractivity contribution in [1.82, 2.24) is 0 Å². The second-order valence-electron chi connectivity index (χ2n) is 13.2. The summed E-state index contributed by atoms with van der Waals surface area (Å²) in [5.41, 5.74) is 1.97. The third-order valence-electron chi connectivity index (χ3n) is 7.09. The van der Waals surface area contributed by atoms with E-state index < -0.39 is 31.5 Å². The lowest BCUT2D eigenvalue weighted by molar-refractivity contribution is -0.0150. The Labute approximate surface area is 212 Å². The maximum atomic E-state index is 11.8. The predicted octanol–water partition coefficient (Wildman–Crippen LogP) is 4.99. The second kappa shape index (κ2) is 9.98. The molecule has 3 heterocycles. The smallest absolute Gasteiger partial charge is 0.431 e. The van der Waals surface area contributed by atoms with Crippen LogP contribution in [0.3, 0.4) is 0 Å². The molecule has 0 aromatic carbocycles.